The maximum absolute atomic E-state index is 10.8. The van der Waals surface area contributed by atoms with Crippen LogP contribution in [-0.2, 0) is 4.74 Å². The van der Waals surface area contributed by atoms with Crippen LogP contribution in [-0.4, -0.2) is 35.8 Å². The maximum Gasteiger partial charge on any atom is 0.354 e. The molecule has 1 aromatic rings. The van der Waals surface area contributed by atoms with Crippen LogP contribution in [0.5, 0.6) is 0 Å². The minimum atomic E-state index is -1.02. The van der Waals surface area contributed by atoms with Crippen molar-refractivity contribution in [2.75, 3.05) is 19.0 Å². The number of ether oxygens (including phenoxy) is 1. The van der Waals surface area contributed by atoms with Gasteiger partial charge in [-0.3, -0.25) is 0 Å². The smallest absolute Gasteiger partial charge is 0.354 e. The van der Waals surface area contributed by atoms with Crippen molar-refractivity contribution in [2.45, 2.75) is 25.8 Å². The highest BCUT2D eigenvalue weighted by Crippen LogP contribution is 2.09. The fourth-order valence-corrected chi connectivity index (χ4v) is 1.59. The molecule has 1 heterocycles. The SMILES string of the molecule is CCCC(COC)Nc1cccc(C(=O)O)n1. The molecule has 0 aromatic carbocycles. The van der Waals surface area contributed by atoms with Crippen molar-refractivity contribution in [2.24, 2.45) is 0 Å². The van der Waals surface area contributed by atoms with Crippen LogP contribution in [0.15, 0.2) is 18.2 Å². The second-order valence-corrected chi connectivity index (χ2v) is 3.80. The minimum Gasteiger partial charge on any atom is -0.477 e. The van der Waals surface area contributed by atoms with E-state index in [1.807, 2.05) is 0 Å². The number of rotatable bonds is 7. The zero-order valence-corrected chi connectivity index (χ0v) is 10.1. The molecule has 5 nitrogen and oxygen atoms in total. The third-order valence-electron chi connectivity index (χ3n) is 2.33. The Morgan fingerprint density at radius 1 is 1.59 bits per heavy atom. The molecule has 2 N–H and O–H groups in total. The first-order valence-electron chi connectivity index (χ1n) is 5.63. The number of nitrogens with one attached hydrogen (secondary N) is 1. The number of nitrogens with zero attached hydrogens (tertiary/aromatic N) is 1. The Hall–Kier alpha value is -1.62. The number of pyridine rings is 1. The van der Waals surface area contributed by atoms with E-state index in [4.69, 9.17) is 9.84 Å². The fraction of sp³-hybridized carbons (Fsp3) is 0.500. The monoisotopic (exact) mass is 238 g/mol. The van der Waals surface area contributed by atoms with E-state index in [1.54, 1.807) is 19.2 Å². The summed E-state index contributed by atoms with van der Waals surface area (Å²) in [6.07, 6.45) is 1.98. The van der Waals surface area contributed by atoms with Crippen molar-refractivity contribution in [3.8, 4) is 0 Å². The van der Waals surface area contributed by atoms with Gasteiger partial charge in [0.05, 0.1) is 12.6 Å². The number of aromatic nitrogens is 1. The second-order valence-electron chi connectivity index (χ2n) is 3.80. The first-order valence-corrected chi connectivity index (χ1v) is 5.63. The second kappa shape index (κ2) is 6.85. The zero-order chi connectivity index (χ0) is 12.7. The molecular weight excluding hydrogens is 220 g/mol. The van der Waals surface area contributed by atoms with E-state index >= 15 is 0 Å². The Bertz CT molecular complexity index is 363. The molecule has 1 unspecified atom stereocenters. The summed E-state index contributed by atoms with van der Waals surface area (Å²) >= 11 is 0. The fourth-order valence-electron chi connectivity index (χ4n) is 1.59. The molecule has 0 radical (unpaired) electrons. The van der Waals surface area contributed by atoms with E-state index in [0.717, 1.165) is 12.8 Å². The Balaban J connectivity index is 2.71. The number of aromatic carboxylic acids is 1. The zero-order valence-electron chi connectivity index (χ0n) is 10.1. The number of carboxylic acids is 1. The molecule has 5 heteroatoms. The van der Waals surface area contributed by atoms with Gasteiger partial charge in [-0.05, 0) is 18.6 Å². The quantitative estimate of drug-likeness (QED) is 0.760. The van der Waals surface area contributed by atoms with Crippen LogP contribution in [0.4, 0.5) is 5.82 Å². The highest BCUT2D eigenvalue weighted by atomic mass is 16.5. The highest BCUT2D eigenvalue weighted by Gasteiger charge is 2.10. The molecule has 1 aromatic heterocycles. The lowest BCUT2D eigenvalue weighted by molar-refractivity contribution is 0.0690. The van der Waals surface area contributed by atoms with Crippen LogP contribution in [0, 0.1) is 0 Å². The van der Waals surface area contributed by atoms with Crippen LogP contribution >= 0.6 is 0 Å². The third kappa shape index (κ3) is 4.40. The van der Waals surface area contributed by atoms with Gasteiger partial charge in [-0.2, -0.15) is 0 Å². The molecule has 0 saturated heterocycles. The van der Waals surface area contributed by atoms with E-state index in [1.165, 1.54) is 6.07 Å². The van der Waals surface area contributed by atoms with Crippen LogP contribution in [0.3, 0.4) is 0 Å². The first-order chi connectivity index (χ1) is 8.17. The van der Waals surface area contributed by atoms with Crippen molar-refractivity contribution >= 4 is 11.8 Å². The highest BCUT2D eigenvalue weighted by molar-refractivity contribution is 5.85. The van der Waals surface area contributed by atoms with E-state index in [0.29, 0.717) is 12.4 Å². The van der Waals surface area contributed by atoms with Gasteiger partial charge in [-0.25, -0.2) is 9.78 Å². The topological polar surface area (TPSA) is 71.5 Å². The van der Waals surface area contributed by atoms with Crippen molar-refractivity contribution in [1.29, 1.82) is 0 Å². The lowest BCUT2D eigenvalue weighted by Crippen LogP contribution is -2.25. The third-order valence-corrected chi connectivity index (χ3v) is 2.33. The average molecular weight is 238 g/mol. The van der Waals surface area contributed by atoms with Gasteiger partial charge in [0.25, 0.3) is 0 Å². The van der Waals surface area contributed by atoms with Gasteiger partial charge in [0.15, 0.2) is 5.69 Å². The van der Waals surface area contributed by atoms with Crippen LogP contribution < -0.4 is 5.32 Å². The Kier molecular flexibility index (Phi) is 5.42. The van der Waals surface area contributed by atoms with E-state index in [9.17, 15) is 4.79 Å². The Morgan fingerprint density at radius 2 is 2.35 bits per heavy atom. The molecule has 1 atom stereocenters. The summed E-state index contributed by atoms with van der Waals surface area (Å²) < 4.78 is 5.10. The van der Waals surface area contributed by atoms with Crippen molar-refractivity contribution in [3.63, 3.8) is 0 Å². The molecule has 0 spiro atoms. The van der Waals surface area contributed by atoms with Gasteiger partial charge < -0.3 is 15.2 Å². The molecule has 0 fully saturated rings. The lowest BCUT2D eigenvalue weighted by atomic mass is 10.2. The normalized spacial score (nSPS) is 12.1. The predicted molar refractivity (Wildman–Crippen MR) is 65.4 cm³/mol. The molecule has 0 aliphatic rings. The van der Waals surface area contributed by atoms with Crippen LogP contribution in [0.2, 0.25) is 0 Å². The summed E-state index contributed by atoms with van der Waals surface area (Å²) in [5.74, 6) is -0.451. The van der Waals surface area contributed by atoms with Gasteiger partial charge in [0.2, 0.25) is 0 Å². The summed E-state index contributed by atoms with van der Waals surface area (Å²) in [5.41, 5.74) is 0.0441. The standard InChI is InChI=1S/C12H18N2O3/c1-3-5-9(8-17-2)13-11-7-4-6-10(14-11)12(15)16/h4,6-7,9H,3,5,8H2,1-2H3,(H,13,14)(H,15,16). The number of carboxylic acid groups (broad SMARTS) is 1. The van der Waals surface area contributed by atoms with Crippen molar-refractivity contribution < 1.29 is 14.6 Å². The number of carbonyl (C=O) groups is 1. The molecule has 0 bridgehead atoms. The number of hydrogen-bond acceptors (Lipinski definition) is 4. The van der Waals surface area contributed by atoms with E-state index in [-0.39, 0.29) is 11.7 Å². The average Bonchev–Trinajstić information content (AvgIpc) is 2.30. The van der Waals surface area contributed by atoms with Crippen molar-refractivity contribution in [1.82, 2.24) is 4.98 Å². The predicted octanol–water partition coefficient (Wildman–Crippen LogP) is 2.01. The number of anilines is 1. The van der Waals surface area contributed by atoms with Gasteiger partial charge in [-0.1, -0.05) is 19.4 Å². The van der Waals surface area contributed by atoms with Gasteiger partial charge in [0.1, 0.15) is 5.82 Å². The van der Waals surface area contributed by atoms with Gasteiger partial charge in [0, 0.05) is 7.11 Å². The number of hydrogen-bond donors (Lipinski definition) is 2. The van der Waals surface area contributed by atoms with Crippen LogP contribution in [0.1, 0.15) is 30.3 Å². The molecule has 0 aliphatic heterocycles. The largest absolute Gasteiger partial charge is 0.477 e. The first kappa shape index (κ1) is 13.4. The Morgan fingerprint density at radius 3 is 2.94 bits per heavy atom. The summed E-state index contributed by atoms with van der Waals surface area (Å²) in [6.45, 7) is 2.66. The summed E-state index contributed by atoms with van der Waals surface area (Å²) in [5, 5.41) is 12.0. The maximum atomic E-state index is 10.8. The molecule has 0 aliphatic carbocycles. The molecule has 0 saturated carbocycles. The van der Waals surface area contributed by atoms with Crippen LogP contribution in [0.25, 0.3) is 0 Å². The lowest BCUT2D eigenvalue weighted by Gasteiger charge is -2.17. The van der Waals surface area contributed by atoms with E-state index < -0.39 is 5.97 Å². The number of methoxy groups -OCH3 is 1. The van der Waals surface area contributed by atoms with Gasteiger partial charge >= 0.3 is 5.97 Å². The molecule has 94 valence electrons. The molecule has 0 amide bonds. The van der Waals surface area contributed by atoms with Gasteiger partial charge in [-0.15, -0.1) is 0 Å². The van der Waals surface area contributed by atoms with Crippen molar-refractivity contribution in [3.05, 3.63) is 23.9 Å². The summed E-state index contributed by atoms with van der Waals surface area (Å²) in [7, 11) is 1.64. The minimum absolute atomic E-state index is 0.0441. The summed E-state index contributed by atoms with van der Waals surface area (Å²) in [6, 6.07) is 5.06. The molecule has 17 heavy (non-hydrogen) atoms. The molecule has 1 rings (SSSR count). The summed E-state index contributed by atoms with van der Waals surface area (Å²) in [4.78, 5) is 14.8. The molecular formula is C12H18N2O3. The Labute approximate surface area is 101 Å². The van der Waals surface area contributed by atoms with E-state index in [2.05, 4.69) is 17.2 Å².